The van der Waals surface area contributed by atoms with Crippen molar-refractivity contribution < 1.29 is 23.5 Å². The molecule has 0 aliphatic carbocycles. The summed E-state index contributed by atoms with van der Waals surface area (Å²) in [5.41, 5.74) is 0. The lowest BCUT2D eigenvalue weighted by molar-refractivity contribution is -0.150. The summed E-state index contributed by atoms with van der Waals surface area (Å²) in [6.07, 6.45) is -0.679. The maximum Gasteiger partial charge on any atom is 0.328 e. The first-order valence-corrected chi connectivity index (χ1v) is 6.72. The van der Waals surface area contributed by atoms with Crippen LogP contribution in [0.25, 0.3) is 0 Å². The van der Waals surface area contributed by atoms with Gasteiger partial charge >= 0.3 is 5.97 Å². The molecule has 0 spiro atoms. The van der Waals surface area contributed by atoms with Crippen LogP contribution in [0.2, 0.25) is 0 Å². The molecule has 0 bridgehead atoms. The number of hydrogen-bond acceptors (Lipinski definition) is 5. The fraction of sp³-hybridized carbons (Fsp3) is 0.400. The molecule has 0 saturated carbocycles. The molecule has 6 nitrogen and oxygen atoms in total. The summed E-state index contributed by atoms with van der Waals surface area (Å²) in [4.78, 5) is 24.9. The minimum atomic E-state index is -0.817. The van der Waals surface area contributed by atoms with Crippen LogP contribution in [0, 0.1) is 17.1 Å². The molecule has 1 aromatic rings. The first-order valence-electron chi connectivity index (χ1n) is 6.72. The van der Waals surface area contributed by atoms with Gasteiger partial charge in [0, 0.05) is 6.42 Å². The normalized spacial score (nSPS) is 20.3. The molecule has 1 heterocycles. The number of methoxy groups -OCH3 is 1. The number of hydrogen-bond donors (Lipinski definition) is 0. The van der Waals surface area contributed by atoms with Crippen LogP contribution in [0.15, 0.2) is 24.3 Å². The van der Waals surface area contributed by atoms with Crippen molar-refractivity contribution >= 4 is 11.9 Å². The van der Waals surface area contributed by atoms with E-state index < -0.39 is 29.8 Å². The molecule has 1 fully saturated rings. The van der Waals surface area contributed by atoms with Gasteiger partial charge < -0.3 is 14.4 Å². The number of carbonyl (C=O) groups excluding carboxylic acids is 2. The van der Waals surface area contributed by atoms with Gasteiger partial charge in [-0.15, -0.1) is 0 Å². The Morgan fingerprint density at radius 2 is 2.18 bits per heavy atom. The molecule has 1 aliphatic rings. The van der Waals surface area contributed by atoms with Gasteiger partial charge in [-0.25, -0.2) is 9.18 Å². The quantitative estimate of drug-likeness (QED) is 0.782. The van der Waals surface area contributed by atoms with Gasteiger partial charge in [-0.3, -0.25) is 4.79 Å². The summed E-state index contributed by atoms with van der Waals surface area (Å²) in [5, 5.41) is 8.62. The molecule has 2 unspecified atom stereocenters. The summed E-state index contributed by atoms with van der Waals surface area (Å²) in [6.45, 7) is 0.106. The predicted octanol–water partition coefficient (Wildman–Crippen LogP) is 1.26. The SMILES string of the molecule is COC(=O)C1CC(Oc2ccccc2F)CN1C(=O)CC#N. The number of carbonyl (C=O) groups is 2. The number of esters is 1. The van der Waals surface area contributed by atoms with Crippen LogP contribution in [0.1, 0.15) is 12.8 Å². The van der Waals surface area contributed by atoms with Gasteiger partial charge in [-0.05, 0) is 12.1 Å². The average molecular weight is 306 g/mol. The standard InChI is InChI=1S/C15H15FN2O4/c1-21-15(20)12-8-10(9-18(12)14(19)6-7-17)22-13-5-3-2-4-11(13)16/h2-5,10,12H,6,8-9H2,1H3. The Balaban J connectivity index is 2.13. The second kappa shape index (κ2) is 6.89. The number of amides is 1. The highest BCUT2D eigenvalue weighted by Gasteiger charge is 2.41. The monoisotopic (exact) mass is 306 g/mol. The van der Waals surface area contributed by atoms with Crippen molar-refractivity contribution in [3.63, 3.8) is 0 Å². The Morgan fingerprint density at radius 1 is 1.45 bits per heavy atom. The average Bonchev–Trinajstić information content (AvgIpc) is 2.93. The maximum atomic E-state index is 13.6. The number of nitriles is 1. The van der Waals surface area contributed by atoms with E-state index in [2.05, 4.69) is 4.74 Å². The summed E-state index contributed by atoms with van der Waals surface area (Å²) in [7, 11) is 1.22. The molecule has 1 amide bonds. The molecular formula is C15H15FN2O4. The number of likely N-dealkylation sites (tertiary alicyclic amines) is 1. The summed E-state index contributed by atoms with van der Waals surface area (Å²) < 4.78 is 23.8. The molecule has 1 aliphatic heterocycles. The van der Waals surface area contributed by atoms with Crippen LogP contribution in [0.5, 0.6) is 5.75 Å². The Hall–Kier alpha value is -2.62. The van der Waals surface area contributed by atoms with E-state index in [0.717, 1.165) is 0 Å². The molecule has 7 heteroatoms. The summed E-state index contributed by atoms with van der Waals surface area (Å²) in [5.74, 6) is -1.51. The number of nitrogens with zero attached hydrogens (tertiary/aromatic N) is 2. The van der Waals surface area contributed by atoms with Crippen molar-refractivity contribution in [1.29, 1.82) is 5.26 Å². The fourth-order valence-corrected chi connectivity index (χ4v) is 2.41. The van der Waals surface area contributed by atoms with Crippen molar-refractivity contribution in [3.05, 3.63) is 30.1 Å². The Bertz CT molecular complexity index is 614. The van der Waals surface area contributed by atoms with Crippen molar-refractivity contribution in [2.75, 3.05) is 13.7 Å². The van der Waals surface area contributed by atoms with Crippen LogP contribution in [0.3, 0.4) is 0 Å². The third kappa shape index (κ3) is 3.34. The molecule has 2 atom stereocenters. The highest BCUT2D eigenvalue weighted by molar-refractivity contribution is 5.86. The molecule has 1 saturated heterocycles. The topological polar surface area (TPSA) is 79.6 Å². The van der Waals surface area contributed by atoms with Gasteiger partial charge in [0.1, 0.15) is 18.6 Å². The number of para-hydroxylation sites is 1. The summed E-state index contributed by atoms with van der Waals surface area (Å²) in [6, 6.07) is 6.84. The van der Waals surface area contributed by atoms with Gasteiger partial charge in [0.2, 0.25) is 5.91 Å². The molecule has 1 aromatic carbocycles. The van der Waals surface area contributed by atoms with Crippen LogP contribution in [-0.2, 0) is 14.3 Å². The zero-order chi connectivity index (χ0) is 16.1. The van der Waals surface area contributed by atoms with E-state index in [4.69, 9.17) is 10.00 Å². The molecule has 116 valence electrons. The van der Waals surface area contributed by atoms with Gasteiger partial charge in [-0.1, -0.05) is 12.1 Å². The third-order valence-corrected chi connectivity index (χ3v) is 3.42. The zero-order valence-corrected chi connectivity index (χ0v) is 12.0. The second-order valence-corrected chi connectivity index (χ2v) is 4.83. The number of benzene rings is 1. The smallest absolute Gasteiger partial charge is 0.328 e. The van der Waals surface area contributed by atoms with E-state index in [1.807, 2.05) is 0 Å². The number of rotatable bonds is 4. The van der Waals surface area contributed by atoms with E-state index >= 15 is 0 Å². The van der Waals surface area contributed by atoms with E-state index in [-0.39, 0.29) is 25.1 Å². The highest BCUT2D eigenvalue weighted by Crippen LogP contribution is 2.26. The van der Waals surface area contributed by atoms with Crippen LogP contribution in [0.4, 0.5) is 4.39 Å². The third-order valence-electron chi connectivity index (χ3n) is 3.42. The largest absolute Gasteiger partial charge is 0.485 e. The maximum absolute atomic E-state index is 13.6. The lowest BCUT2D eigenvalue weighted by Gasteiger charge is -2.20. The van der Waals surface area contributed by atoms with Crippen molar-refractivity contribution in [1.82, 2.24) is 4.90 Å². The van der Waals surface area contributed by atoms with Gasteiger partial charge in [0.25, 0.3) is 0 Å². The predicted molar refractivity (Wildman–Crippen MR) is 73.2 cm³/mol. The van der Waals surface area contributed by atoms with E-state index in [0.29, 0.717) is 0 Å². The minimum absolute atomic E-state index is 0.0608. The van der Waals surface area contributed by atoms with E-state index in [9.17, 15) is 14.0 Å². The fourth-order valence-electron chi connectivity index (χ4n) is 2.41. The Kier molecular flexibility index (Phi) is 4.94. The highest BCUT2D eigenvalue weighted by atomic mass is 19.1. The Morgan fingerprint density at radius 3 is 2.82 bits per heavy atom. The molecular weight excluding hydrogens is 291 g/mol. The van der Waals surface area contributed by atoms with Crippen LogP contribution >= 0.6 is 0 Å². The molecule has 2 rings (SSSR count). The van der Waals surface area contributed by atoms with Crippen LogP contribution in [-0.4, -0.2) is 42.6 Å². The summed E-state index contributed by atoms with van der Waals surface area (Å²) >= 11 is 0. The van der Waals surface area contributed by atoms with Crippen molar-refractivity contribution in [3.8, 4) is 11.8 Å². The zero-order valence-electron chi connectivity index (χ0n) is 12.0. The Labute approximate surface area is 127 Å². The lowest BCUT2D eigenvalue weighted by atomic mass is 10.2. The number of halogens is 1. The van der Waals surface area contributed by atoms with Crippen molar-refractivity contribution in [2.24, 2.45) is 0 Å². The van der Waals surface area contributed by atoms with E-state index in [1.165, 1.54) is 30.2 Å². The molecule has 0 aromatic heterocycles. The van der Waals surface area contributed by atoms with Gasteiger partial charge in [0.05, 0.1) is 19.7 Å². The van der Waals surface area contributed by atoms with E-state index in [1.54, 1.807) is 12.1 Å². The minimum Gasteiger partial charge on any atom is -0.485 e. The van der Waals surface area contributed by atoms with Crippen molar-refractivity contribution in [2.45, 2.75) is 25.0 Å². The second-order valence-electron chi connectivity index (χ2n) is 4.83. The first-order chi connectivity index (χ1) is 10.6. The molecule has 22 heavy (non-hydrogen) atoms. The number of ether oxygens (including phenoxy) is 2. The van der Waals surface area contributed by atoms with Gasteiger partial charge in [0.15, 0.2) is 11.6 Å². The van der Waals surface area contributed by atoms with Crippen LogP contribution < -0.4 is 4.74 Å². The first kappa shape index (κ1) is 15.8. The lowest BCUT2D eigenvalue weighted by Crippen LogP contribution is -2.41. The van der Waals surface area contributed by atoms with Gasteiger partial charge in [-0.2, -0.15) is 5.26 Å². The molecule has 0 N–H and O–H groups in total. The molecule has 0 radical (unpaired) electrons.